The summed E-state index contributed by atoms with van der Waals surface area (Å²) in [6.07, 6.45) is 3.09. The first-order valence-electron chi connectivity index (χ1n) is 9.14. The van der Waals surface area contributed by atoms with Gasteiger partial charge in [0.15, 0.2) is 0 Å². The number of anilines is 1. The van der Waals surface area contributed by atoms with Crippen LogP contribution in [0.4, 0.5) is 14.9 Å². The molecule has 1 aromatic carbocycles. The van der Waals surface area contributed by atoms with Crippen molar-refractivity contribution in [1.29, 1.82) is 0 Å². The van der Waals surface area contributed by atoms with Crippen LogP contribution in [0.15, 0.2) is 18.2 Å². The van der Waals surface area contributed by atoms with Crippen molar-refractivity contribution in [2.45, 2.75) is 57.7 Å². The van der Waals surface area contributed by atoms with E-state index in [1.807, 2.05) is 15.9 Å². The molecular formula is C19H28FN3O2. The van der Waals surface area contributed by atoms with Crippen LogP contribution in [-0.2, 0) is 6.54 Å². The molecule has 1 aromatic rings. The lowest BCUT2D eigenvalue weighted by atomic mass is 10.0. The number of halogens is 1. The highest BCUT2D eigenvalue weighted by Gasteiger charge is 2.35. The fraction of sp³-hybridized carbons (Fsp3) is 0.632. The molecule has 138 valence electrons. The van der Waals surface area contributed by atoms with Crippen molar-refractivity contribution in [2.75, 3.05) is 24.5 Å². The Morgan fingerprint density at radius 1 is 1.32 bits per heavy atom. The molecule has 0 saturated carbocycles. The highest BCUT2D eigenvalue weighted by Crippen LogP contribution is 2.28. The number of amides is 2. The van der Waals surface area contributed by atoms with Crippen molar-refractivity contribution in [2.24, 2.45) is 0 Å². The highest BCUT2D eigenvalue weighted by molar-refractivity contribution is 5.75. The number of rotatable bonds is 3. The van der Waals surface area contributed by atoms with E-state index in [0.717, 1.165) is 24.9 Å². The predicted molar refractivity (Wildman–Crippen MR) is 96.1 cm³/mol. The van der Waals surface area contributed by atoms with Gasteiger partial charge < -0.3 is 20.2 Å². The predicted octanol–water partition coefficient (Wildman–Crippen LogP) is 2.87. The van der Waals surface area contributed by atoms with E-state index in [1.165, 1.54) is 6.07 Å². The molecule has 25 heavy (non-hydrogen) atoms. The van der Waals surface area contributed by atoms with Gasteiger partial charge in [-0.3, -0.25) is 0 Å². The minimum Gasteiger partial charge on any atom is -0.393 e. The number of nitrogens with one attached hydrogen (secondary N) is 1. The van der Waals surface area contributed by atoms with Gasteiger partial charge in [0.05, 0.1) is 11.8 Å². The molecule has 6 heteroatoms. The molecule has 0 unspecified atom stereocenters. The van der Waals surface area contributed by atoms with Crippen LogP contribution in [0.2, 0.25) is 0 Å². The Morgan fingerprint density at radius 3 is 2.64 bits per heavy atom. The minimum absolute atomic E-state index is 0.0861. The summed E-state index contributed by atoms with van der Waals surface area (Å²) in [4.78, 5) is 16.2. The topological polar surface area (TPSA) is 55.8 Å². The van der Waals surface area contributed by atoms with Crippen LogP contribution in [0.25, 0.3) is 0 Å². The average Bonchev–Trinajstić information content (AvgIpc) is 2.93. The van der Waals surface area contributed by atoms with Gasteiger partial charge in [-0.15, -0.1) is 0 Å². The first kappa shape index (κ1) is 18.0. The normalized spacial score (nSPS) is 20.8. The molecule has 0 aromatic heterocycles. The quantitative estimate of drug-likeness (QED) is 0.882. The molecule has 0 atom stereocenters. The van der Waals surface area contributed by atoms with Crippen molar-refractivity contribution in [1.82, 2.24) is 10.2 Å². The monoisotopic (exact) mass is 349 g/mol. The van der Waals surface area contributed by atoms with Crippen molar-refractivity contribution in [3.05, 3.63) is 29.6 Å². The number of aliphatic hydroxyl groups is 1. The van der Waals surface area contributed by atoms with Crippen LogP contribution in [0.5, 0.6) is 0 Å². The summed E-state index contributed by atoms with van der Waals surface area (Å²) in [5.41, 5.74) is 1.21. The van der Waals surface area contributed by atoms with Crippen molar-refractivity contribution in [3.63, 3.8) is 0 Å². The van der Waals surface area contributed by atoms with Crippen LogP contribution in [0, 0.1) is 5.82 Å². The summed E-state index contributed by atoms with van der Waals surface area (Å²) in [5, 5.41) is 12.5. The van der Waals surface area contributed by atoms with E-state index in [0.29, 0.717) is 38.2 Å². The van der Waals surface area contributed by atoms with Crippen molar-refractivity contribution >= 4 is 11.7 Å². The summed E-state index contributed by atoms with van der Waals surface area (Å²) in [6.45, 7) is 6.57. The average molecular weight is 349 g/mol. The van der Waals surface area contributed by atoms with Crippen LogP contribution < -0.4 is 10.2 Å². The highest BCUT2D eigenvalue weighted by atomic mass is 19.1. The number of hydrogen-bond donors (Lipinski definition) is 2. The zero-order valence-corrected chi connectivity index (χ0v) is 15.1. The Kier molecular flexibility index (Phi) is 5.18. The summed E-state index contributed by atoms with van der Waals surface area (Å²) < 4.78 is 14.5. The number of hydrogen-bond acceptors (Lipinski definition) is 3. The van der Waals surface area contributed by atoms with Gasteiger partial charge in [0, 0.05) is 31.7 Å². The molecule has 2 saturated heterocycles. The fourth-order valence-corrected chi connectivity index (χ4v) is 3.78. The largest absolute Gasteiger partial charge is 0.393 e. The standard InChI is InChI=1S/C19H28FN3O2/c1-19(2)8-3-9-23(19)18(25)21-13-14-4-5-17(16(20)12-14)22-10-6-15(24)7-11-22/h4-5,12,15,24H,3,6-11,13H2,1-2H3,(H,21,25). The summed E-state index contributed by atoms with van der Waals surface area (Å²) in [7, 11) is 0. The number of benzene rings is 1. The SMILES string of the molecule is CC1(C)CCCN1C(=O)NCc1ccc(N2CCC(O)CC2)c(F)c1. The molecule has 0 radical (unpaired) electrons. The Hall–Kier alpha value is -1.82. The molecule has 0 aliphatic carbocycles. The maximum Gasteiger partial charge on any atom is 0.318 e. The third-order valence-electron chi connectivity index (χ3n) is 5.41. The first-order valence-corrected chi connectivity index (χ1v) is 9.14. The van der Waals surface area contributed by atoms with E-state index in [-0.39, 0.29) is 23.5 Å². The second kappa shape index (κ2) is 7.20. The van der Waals surface area contributed by atoms with E-state index in [1.54, 1.807) is 6.07 Å². The van der Waals surface area contributed by atoms with E-state index in [9.17, 15) is 14.3 Å². The molecule has 2 heterocycles. The maximum absolute atomic E-state index is 14.5. The summed E-state index contributed by atoms with van der Waals surface area (Å²) in [5.74, 6) is -0.273. The maximum atomic E-state index is 14.5. The number of likely N-dealkylation sites (tertiary alicyclic amines) is 1. The number of piperidine rings is 1. The number of nitrogens with zero attached hydrogens (tertiary/aromatic N) is 2. The Balaban J connectivity index is 1.59. The summed E-state index contributed by atoms with van der Waals surface area (Å²) in [6, 6.07) is 5.04. The third-order valence-corrected chi connectivity index (χ3v) is 5.41. The summed E-state index contributed by atoms with van der Waals surface area (Å²) >= 11 is 0. The van der Waals surface area contributed by atoms with E-state index in [4.69, 9.17) is 0 Å². The van der Waals surface area contributed by atoms with Gasteiger partial charge in [-0.2, -0.15) is 0 Å². The number of urea groups is 1. The van der Waals surface area contributed by atoms with Gasteiger partial charge in [-0.05, 0) is 57.2 Å². The third kappa shape index (κ3) is 4.06. The molecule has 3 rings (SSSR count). The Labute approximate surface area is 148 Å². The molecule has 5 nitrogen and oxygen atoms in total. The second-order valence-electron chi connectivity index (χ2n) is 7.73. The molecular weight excluding hydrogens is 321 g/mol. The van der Waals surface area contributed by atoms with Crippen LogP contribution >= 0.6 is 0 Å². The molecule has 2 aliphatic rings. The van der Waals surface area contributed by atoms with E-state index < -0.39 is 0 Å². The number of aliphatic hydroxyl groups excluding tert-OH is 1. The first-order chi connectivity index (χ1) is 11.9. The van der Waals surface area contributed by atoms with Gasteiger partial charge in [-0.25, -0.2) is 9.18 Å². The molecule has 2 aliphatic heterocycles. The van der Waals surface area contributed by atoms with Gasteiger partial charge in [0.1, 0.15) is 5.82 Å². The van der Waals surface area contributed by atoms with Gasteiger partial charge in [-0.1, -0.05) is 6.07 Å². The van der Waals surface area contributed by atoms with Gasteiger partial charge >= 0.3 is 6.03 Å². The van der Waals surface area contributed by atoms with Crippen molar-refractivity contribution in [3.8, 4) is 0 Å². The molecule has 2 amide bonds. The van der Waals surface area contributed by atoms with Gasteiger partial charge in [0.25, 0.3) is 0 Å². The zero-order valence-electron chi connectivity index (χ0n) is 15.1. The molecule has 0 spiro atoms. The Bertz CT molecular complexity index is 627. The lowest BCUT2D eigenvalue weighted by Crippen LogP contribution is -2.47. The fourth-order valence-electron chi connectivity index (χ4n) is 3.78. The van der Waals surface area contributed by atoms with Gasteiger partial charge in [0.2, 0.25) is 0 Å². The minimum atomic E-state index is -0.274. The lowest BCUT2D eigenvalue weighted by Gasteiger charge is -2.32. The number of carbonyl (C=O) groups is 1. The Morgan fingerprint density at radius 2 is 2.04 bits per heavy atom. The molecule has 2 fully saturated rings. The van der Waals surface area contributed by atoms with Crippen LogP contribution in [0.1, 0.15) is 45.1 Å². The second-order valence-corrected chi connectivity index (χ2v) is 7.73. The van der Waals surface area contributed by atoms with Crippen molar-refractivity contribution < 1.29 is 14.3 Å². The smallest absolute Gasteiger partial charge is 0.318 e. The number of carbonyl (C=O) groups excluding carboxylic acids is 1. The van der Waals surface area contributed by atoms with E-state index >= 15 is 0 Å². The zero-order chi connectivity index (χ0) is 18.0. The molecule has 0 bridgehead atoms. The van der Waals surface area contributed by atoms with Crippen LogP contribution in [0.3, 0.4) is 0 Å². The lowest BCUT2D eigenvalue weighted by molar-refractivity contribution is 0.145. The molecule has 2 N–H and O–H groups in total. The van der Waals surface area contributed by atoms with E-state index in [2.05, 4.69) is 19.2 Å². The van der Waals surface area contributed by atoms with Crippen LogP contribution in [-0.4, -0.2) is 47.3 Å².